The molecule has 0 radical (unpaired) electrons. The Morgan fingerprint density at radius 3 is 2.67 bits per heavy atom. The summed E-state index contributed by atoms with van der Waals surface area (Å²) in [6.07, 6.45) is 0. The third-order valence-corrected chi connectivity index (χ3v) is 7.55. The minimum atomic E-state index is -3.45. The molecule has 0 fully saturated rings. The number of sulfonamides is 1. The van der Waals surface area contributed by atoms with Crippen molar-refractivity contribution in [3.05, 3.63) is 32.0 Å². The minimum Gasteiger partial charge on any atom is -0.245 e. The fourth-order valence-electron chi connectivity index (χ4n) is 1.40. The van der Waals surface area contributed by atoms with Gasteiger partial charge in [-0.2, -0.15) is 4.31 Å². The molecule has 2 rings (SSSR count). The molecular formula is C10H11BrN2O2S3. The van der Waals surface area contributed by atoms with Gasteiger partial charge in [-0.3, -0.25) is 0 Å². The molecular weight excluding hydrogens is 356 g/mol. The van der Waals surface area contributed by atoms with Crippen LogP contribution in [0.3, 0.4) is 0 Å². The van der Waals surface area contributed by atoms with Crippen LogP contribution in [-0.2, 0) is 16.6 Å². The van der Waals surface area contributed by atoms with Gasteiger partial charge >= 0.3 is 0 Å². The lowest BCUT2D eigenvalue weighted by Crippen LogP contribution is -2.26. The van der Waals surface area contributed by atoms with Gasteiger partial charge in [-0.05, 0) is 34.3 Å². The van der Waals surface area contributed by atoms with E-state index in [-0.39, 0.29) is 6.54 Å². The van der Waals surface area contributed by atoms with Crippen LogP contribution in [0, 0.1) is 6.92 Å². The molecule has 0 saturated heterocycles. The van der Waals surface area contributed by atoms with Crippen LogP contribution in [0.25, 0.3) is 0 Å². The van der Waals surface area contributed by atoms with E-state index < -0.39 is 10.0 Å². The number of halogens is 1. The molecule has 0 unspecified atom stereocenters. The van der Waals surface area contributed by atoms with Gasteiger partial charge in [0.1, 0.15) is 4.21 Å². The Bertz CT molecular complexity index is 648. The zero-order chi connectivity index (χ0) is 13.3. The van der Waals surface area contributed by atoms with E-state index in [9.17, 15) is 8.42 Å². The van der Waals surface area contributed by atoms with Crippen LogP contribution in [0.15, 0.2) is 25.5 Å². The van der Waals surface area contributed by atoms with Gasteiger partial charge in [0.15, 0.2) is 0 Å². The number of thiophene rings is 1. The molecule has 0 aliphatic carbocycles. The third-order valence-electron chi connectivity index (χ3n) is 2.28. The fourth-order valence-corrected chi connectivity index (χ4v) is 5.65. The average molecular weight is 367 g/mol. The van der Waals surface area contributed by atoms with Crippen molar-refractivity contribution in [3.8, 4) is 0 Å². The standard InChI is InChI=1S/C10H11BrN2O2S3/c1-7-12-8(6-17-7)5-13(2)18(14,15)10-9(11)3-4-16-10/h3-4,6H,5H2,1-2H3. The highest BCUT2D eigenvalue weighted by Crippen LogP contribution is 2.30. The quantitative estimate of drug-likeness (QED) is 0.835. The second-order valence-corrected chi connectivity index (χ2v) is 8.75. The zero-order valence-corrected chi connectivity index (χ0v) is 13.8. The van der Waals surface area contributed by atoms with Crippen molar-refractivity contribution in [2.75, 3.05) is 7.05 Å². The summed E-state index contributed by atoms with van der Waals surface area (Å²) in [6, 6.07) is 1.73. The topological polar surface area (TPSA) is 50.3 Å². The van der Waals surface area contributed by atoms with Gasteiger partial charge in [-0.1, -0.05) is 0 Å². The molecule has 0 saturated carbocycles. The molecule has 8 heteroatoms. The molecule has 0 bridgehead atoms. The van der Waals surface area contributed by atoms with E-state index in [1.165, 1.54) is 27.0 Å². The van der Waals surface area contributed by atoms with Crippen molar-refractivity contribution in [1.82, 2.24) is 9.29 Å². The lowest BCUT2D eigenvalue weighted by atomic mass is 10.5. The highest BCUT2D eigenvalue weighted by molar-refractivity contribution is 9.10. The molecule has 0 amide bonds. The van der Waals surface area contributed by atoms with Gasteiger partial charge in [0.25, 0.3) is 10.0 Å². The molecule has 2 heterocycles. The summed E-state index contributed by atoms with van der Waals surface area (Å²) >= 11 is 5.98. The van der Waals surface area contributed by atoms with Gasteiger partial charge in [0.2, 0.25) is 0 Å². The van der Waals surface area contributed by atoms with E-state index in [2.05, 4.69) is 20.9 Å². The molecule has 0 aliphatic heterocycles. The minimum absolute atomic E-state index is 0.289. The number of aryl methyl sites for hydroxylation is 1. The summed E-state index contributed by atoms with van der Waals surface area (Å²) < 4.78 is 26.9. The van der Waals surface area contributed by atoms with Gasteiger partial charge in [0.05, 0.1) is 17.2 Å². The number of rotatable bonds is 4. The number of hydrogen-bond acceptors (Lipinski definition) is 5. The van der Waals surface area contributed by atoms with E-state index in [1.54, 1.807) is 18.5 Å². The highest BCUT2D eigenvalue weighted by atomic mass is 79.9. The Morgan fingerprint density at radius 2 is 2.17 bits per heavy atom. The monoisotopic (exact) mass is 366 g/mol. The molecule has 98 valence electrons. The van der Waals surface area contributed by atoms with Crippen LogP contribution < -0.4 is 0 Å². The molecule has 0 aliphatic rings. The predicted octanol–water partition coefficient (Wildman–Crippen LogP) is 3.10. The highest BCUT2D eigenvalue weighted by Gasteiger charge is 2.25. The number of aromatic nitrogens is 1. The molecule has 0 N–H and O–H groups in total. The Labute approximate surface area is 122 Å². The Hall–Kier alpha value is -0.280. The number of thiazole rings is 1. The normalized spacial score (nSPS) is 12.2. The lowest BCUT2D eigenvalue weighted by molar-refractivity contribution is 0.464. The SMILES string of the molecule is Cc1nc(CN(C)S(=O)(=O)c2sccc2Br)cs1. The first kappa shape index (κ1) is 14.1. The van der Waals surface area contributed by atoms with Crippen LogP contribution >= 0.6 is 38.6 Å². The van der Waals surface area contributed by atoms with Gasteiger partial charge in [-0.15, -0.1) is 22.7 Å². The second-order valence-electron chi connectivity index (χ2n) is 3.67. The van der Waals surface area contributed by atoms with E-state index in [4.69, 9.17) is 0 Å². The molecule has 2 aromatic heterocycles. The first-order valence-electron chi connectivity index (χ1n) is 5.01. The van der Waals surface area contributed by atoms with Crippen LogP contribution in [0.5, 0.6) is 0 Å². The Kier molecular flexibility index (Phi) is 4.22. The van der Waals surface area contributed by atoms with E-state index in [0.717, 1.165) is 10.7 Å². The van der Waals surface area contributed by atoms with Crippen molar-refractivity contribution in [3.63, 3.8) is 0 Å². The van der Waals surface area contributed by atoms with Crippen LogP contribution in [0.2, 0.25) is 0 Å². The Morgan fingerprint density at radius 1 is 1.44 bits per heavy atom. The third kappa shape index (κ3) is 2.83. The fraction of sp³-hybridized carbons (Fsp3) is 0.300. The first-order chi connectivity index (χ1) is 8.41. The second kappa shape index (κ2) is 5.38. The zero-order valence-electron chi connectivity index (χ0n) is 9.75. The van der Waals surface area contributed by atoms with Crippen LogP contribution in [0.4, 0.5) is 0 Å². The van der Waals surface area contributed by atoms with Gasteiger partial charge < -0.3 is 0 Å². The first-order valence-corrected chi connectivity index (χ1v) is 9.01. The Balaban J connectivity index is 2.23. The maximum absolute atomic E-state index is 12.3. The van der Waals surface area contributed by atoms with Crippen molar-refractivity contribution in [1.29, 1.82) is 0 Å². The maximum atomic E-state index is 12.3. The summed E-state index contributed by atoms with van der Waals surface area (Å²) in [4.78, 5) is 4.27. The predicted molar refractivity (Wildman–Crippen MR) is 77.5 cm³/mol. The smallest absolute Gasteiger partial charge is 0.245 e. The maximum Gasteiger partial charge on any atom is 0.253 e. The van der Waals surface area contributed by atoms with Gasteiger partial charge in [-0.25, -0.2) is 13.4 Å². The summed E-state index contributed by atoms with van der Waals surface area (Å²) in [5, 5.41) is 4.57. The van der Waals surface area contributed by atoms with E-state index in [0.29, 0.717) is 8.68 Å². The summed E-state index contributed by atoms with van der Waals surface area (Å²) in [6.45, 7) is 2.19. The van der Waals surface area contributed by atoms with E-state index >= 15 is 0 Å². The van der Waals surface area contributed by atoms with Crippen molar-refractivity contribution >= 4 is 48.6 Å². The molecule has 2 aromatic rings. The van der Waals surface area contributed by atoms with E-state index in [1.807, 2.05) is 12.3 Å². The number of hydrogen-bond donors (Lipinski definition) is 0. The van der Waals surface area contributed by atoms with Gasteiger partial charge in [0, 0.05) is 16.9 Å². The molecule has 4 nitrogen and oxygen atoms in total. The lowest BCUT2D eigenvalue weighted by Gasteiger charge is -2.15. The van der Waals surface area contributed by atoms with Crippen molar-refractivity contribution in [2.24, 2.45) is 0 Å². The molecule has 0 atom stereocenters. The summed E-state index contributed by atoms with van der Waals surface area (Å²) in [5.74, 6) is 0. The average Bonchev–Trinajstić information content (AvgIpc) is 2.87. The van der Waals surface area contributed by atoms with Crippen molar-refractivity contribution < 1.29 is 8.42 Å². The number of nitrogens with zero attached hydrogens (tertiary/aromatic N) is 2. The summed E-state index contributed by atoms with van der Waals surface area (Å²) in [5.41, 5.74) is 0.774. The van der Waals surface area contributed by atoms with Crippen LogP contribution in [0.1, 0.15) is 10.7 Å². The largest absolute Gasteiger partial charge is 0.253 e. The van der Waals surface area contributed by atoms with Crippen LogP contribution in [-0.4, -0.2) is 24.8 Å². The molecule has 18 heavy (non-hydrogen) atoms. The molecule has 0 spiro atoms. The molecule has 0 aromatic carbocycles. The summed E-state index contributed by atoms with van der Waals surface area (Å²) in [7, 11) is -1.88. The van der Waals surface area contributed by atoms with Crippen molar-refractivity contribution in [2.45, 2.75) is 17.7 Å².